The van der Waals surface area contributed by atoms with Crippen LogP contribution in [0.15, 0.2) is 51.9 Å². The van der Waals surface area contributed by atoms with Crippen LogP contribution in [-0.4, -0.2) is 66.3 Å². The number of piperazine rings is 1. The molecule has 0 radical (unpaired) electrons. The Labute approximate surface area is 205 Å². The molecular formula is C24H26FN9O2. The van der Waals surface area contributed by atoms with Crippen LogP contribution in [0.3, 0.4) is 0 Å². The quantitative estimate of drug-likeness (QED) is 0.383. The summed E-state index contributed by atoms with van der Waals surface area (Å²) >= 11 is 0. The Balaban J connectivity index is 1.18. The molecule has 12 heteroatoms. The highest BCUT2D eigenvalue weighted by Crippen LogP contribution is 2.23. The fourth-order valence-electron chi connectivity index (χ4n) is 4.84. The van der Waals surface area contributed by atoms with Gasteiger partial charge in [-0.05, 0) is 49.4 Å². The molecule has 5 aromatic rings. The molecule has 0 atom stereocenters. The highest BCUT2D eigenvalue weighted by molar-refractivity contribution is 5.88. The van der Waals surface area contributed by atoms with E-state index in [2.05, 4.69) is 24.9 Å². The summed E-state index contributed by atoms with van der Waals surface area (Å²) in [6.07, 6.45) is 2.33. The summed E-state index contributed by atoms with van der Waals surface area (Å²) in [5.74, 6) is 0.815. The molecule has 0 bridgehead atoms. The van der Waals surface area contributed by atoms with E-state index in [1.807, 2.05) is 12.1 Å². The number of nitrogen functional groups attached to an aromatic ring is 1. The van der Waals surface area contributed by atoms with E-state index in [1.165, 1.54) is 16.6 Å². The van der Waals surface area contributed by atoms with Crippen LogP contribution < -0.4 is 16.3 Å². The molecule has 1 fully saturated rings. The number of fused-ring (bicyclic) bond motifs is 3. The number of aromatic nitrogens is 6. The van der Waals surface area contributed by atoms with E-state index < -0.39 is 0 Å². The van der Waals surface area contributed by atoms with Gasteiger partial charge >= 0.3 is 5.69 Å². The van der Waals surface area contributed by atoms with Crippen molar-refractivity contribution in [1.29, 1.82) is 0 Å². The first-order valence-corrected chi connectivity index (χ1v) is 11.9. The van der Waals surface area contributed by atoms with E-state index in [0.717, 1.165) is 44.8 Å². The lowest BCUT2D eigenvalue weighted by Crippen LogP contribution is -2.46. The lowest BCUT2D eigenvalue weighted by molar-refractivity contribution is 0.250. The summed E-state index contributed by atoms with van der Waals surface area (Å²) in [6.45, 7) is 4.93. The zero-order valence-corrected chi connectivity index (χ0v) is 19.8. The standard InChI is InChI=1S/C24H26FN9O2/c1-30-19-21(28-23(26)34-22(19)27-20(29-34)18-4-2-15-36-18)33(24(30)35)10-3-9-31-11-13-32(14-12-31)17-7-5-16(25)6-8-17/h2,4-8,15H,3,9-14H2,1H3,(H2,26,28). The number of benzene rings is 1. The van der Waals surface area contributed by atoms with Crippen LogP contribution in [0.5, 0.6) is 0 Å². The molecule has 1 aromatic carbocycles. The average Bonchev–Trinajstić information content (AvgIpc) is 3.61. The number of hydrogen-bond acceptors (Lipinski definition) is 8. The topological polar surface area (TPSA) is 116 Å². The van der Waals surface area contributed by atoms with Gasteiger partial charge in [0.05, 0.1) is 6.26 Å². The SMILES string of the molecule is Cn1c(=O)n(CCCN2CCN(c3ccc(F)cc3)CC2)c2nc(N)n3nc(-c4ccco4)nc3c21. The molecule has 1 saturated heterocycles. The Bertz CT molecular complexity index is 1580. The van der Waals surface area contributed by atoms with Crippen molar-refractivity contribution < 1.29 is 8.81 Å². The predicted octanol–water partition coefficient (Wildman–Crippen LogP) is 1.97. The third-order valence-corrected chi connectivity index (χ3v) is 6.74. The van der Waals surface area contributed by atoms with Crippen molar-refractivity contribution in [3.8, 4) is 11.6 Å². The van der Waals surface area contributed by atoms with Gasteiger partial charge in [-0.15, -0.1) is 5.10 Å². The van der Waals surface area contributed by atoms with E-state index in [0.29, 0.717) is 34.9 Å². The highest BCUT2D eigenvalue weighted by atomic mass is 19.1. The minimum Gasteiger partial charge on any atom is -0.461 e. The molecule has 1 aliphatic rings. The van der Waals surface area contributed by atoms with Crippen LogP contribution in [-0.2, 0) is 13.6 Å². The summed E-state index contributed by atoms with van der Waals surface area (Å²) in [4.78, 5) is 26.8. The van der Waals surface area contributed by atoms with Crippen LogP contribution in [0.25, 0.3) is 28.4 Å². The number of halogens is 1. The Kier molecular flexibility index (Phi) is 5.44. The normalized spacial score (nSPS) is 14.9. The van der Waals surface area contributed by atoms with E-state index in [-0.39, 0.29) is 17.5 Å². The van der Waals surface area contributed by atoms with Crippen molar-refractivity contribution in [2.45, 2.75) is 13.0 Å². The van der Waals surface area contributed by atoms with Gasteiger partial charge in [0.2, 0.25) is 11.8 Å². The van der Waals surface area contributed by atoms with Gasteiger partial charge in [-0.2, -0.15) is 9.50 Å². The van der Waals surface area contributed by atoms with Gasteiger partial charge in [-0.1, -0.05) is 0 Å². The smallest absolute Gasteiger partial charge is 0.330 e. The number of aryl methyl sites for hydroxylation is 2. The average molecular weight is 492 g/mol. The fourth-order valence-corrected chi connectivity index (χ4v) is 4.84. The van der Waals surface area contributed by atoms with Crippen molar-refractivity contribution in [2.75, 3.05) is 43.4 Å². The molecule has 0 aliphatic carbocycles. The predicted molar refractivity (Wildman–Crippen MR) is 133 cm³/mol. The van der Waals surface area contributed by atoms with Crippen molar-refractivity contribution in [3.63, 3.8) is 0 Å². The maximum absolute atomic E-state index is 13.2. The molecule has 0 saturated carbocycles. The molecule has 36 heavy (non-hydrogen) atoms. The maximum Gasteiger partial charge on any atom is 0.330 e. The van der Waals surface area contributed by atoms with Crippen LogP contribution in [0.2, 0.25) is 0 Å². The number of nitrogens with zero attached hydrogens (tertiary/aromatic N) is 8. The van der Waals surface area contributed by atoms with E-state index in [4.69, 9.17) is 10.2 Å². The summed E-state index contributed by atoms with van der Waals surface area (Å²) in [6, 6.07) is 10.2. The first kappa shape index (κ1) is 22.3. The summed E-state index contributed by atoms with van der Waals surface area (Å²) in [5, 5.41) is 4.41. The fraction of sp³-hybridized carbons (Fsp3) is 0.333. The summed E-state index contributed by atoms with van der Waals surface area (Å²) in [7, 11) is 1.70. The van der Waals surface area contributed by atoms with Crippen molar-refractivity contribution in [1.82, 2.24) is 33.6 Å². The minimum atomic E-state index is -0.222. The zero-order chi connectivity index (χ0) is 24.8. The zero-order valence-electron chi connectivity index (χ0n) is 19.8. The van der Waals surface area contributed by atoms with Crippen LogP contribution in [0.4, 0.5) is 16.0 Å². The molecule has 1 aliphatic heterocycles. The van der Waals surface area contributed by atoms with Crippen LogP contribution in [0, 0.1) is 5.82 Å². The number of furan rings is 1. The number of rotatable bonds is 6. The van der Waals surface area contributed by atoms with Gasteiger partial charge < -0.3 is 15.1 Å². The first-order valence-electron chi connectivity index (χ1n) is 11.9. The number of nitrogens with two attached hydrogens (primary N) is 1. The molecule has 5 heterocycles. The third kappa shape index (κ3) is 3.79. The Morgan fingerprint density at radius 1 is 1.03 bits per heavy atom. The molecule has 0 spiro atoms. The van der Waals surface area contributed by atoms with Gasteiger partial charge in [-0.25, -0.2) is 14.2 Å². The second-order valence-electron chi connectivity index (χ2n) is 8.94. The third-order valence-electron chi connectivity index (χ3n) is 6.74. The lowest BCUT2D eigenvalue weighted by Gasteiger charge is -2.36. The molecule has 186 valence electrons. The van der Waals surface area contributed by atoms with Crippen molar-refractivity contribution in [2.24, 2.45) is 7.05 Å². The lowest BCUT2D eigenvalue weighted by atomic mass is 10.2. The molecular weight excluding hydrogens is 465 g/mol. The number of anilines is 2. The summed E-state index contributed by atoms with van der Waals surface area (Å²) < 4.78 is 23.2. The maximum atomic E-state index is 13.2. The van der Waals surface area contributed by atoms with E-state index in [1.54, 1.807) is 34.6 Å². The molecule has 2 N–H and O–H groups in total. The minimum absolute atomic E-state index is 0.152. The Hall–Kier alpha value is -4.19. The summed E-state index contributed by atoms with van der Waals surface area (Å²) in [5.41, 5.74) is 8.59. The Morgan fingerprint density at radius 3 is 2.53 bits per heavy atom. The monoisotopic (exact) mass is 491 g/mol. The first-order chi connectivity index (χ1) is 17.5. The van der Waals surface area contributed by atoms with Gasteiger partial charge in [-0.3, -0.25) is 14.0 Å². The van der Waals surface area contributed by atoms with Gasteiger partial charge in [0.1, 0.15) is 11.3 Å². The largest absolute Gasteiger partial charge is 0.461 e. The van der Waals surface area contributed by atoms with Crippen LogP contribution >= 0.6 is 0 Å². The highest BCUT2D eigenvalue weighted by Gasteiger charge is 2.22. The molecule has 6 rings (SSSR count). The van der Waals surface area contributed by atoms with Gasteiger partial charge in [0.15, 0.2) is 17.1 Å². The second kappa shape index (κ2) is 8.79. The van der Waals surface area contributed by atoms with E-state index in [9.17, 15) is 9.18 Å². The van der Waals surface area contributed by atoms with Gasteiger partial charge in [0.25, 0.3) is 0 Å². The van der Waals surface area contributed by atoms with Gasteiger partial charge in [0, 0.05) is 45.5 Å². The van der Waals surface area contributed by atoms with Crippen molar-refractivity contribution in [3.05, 3.63) is 59.0 Å². The molecule has 11 nitrogen and oxygen atoms in total. The van der Waals surface area contributed by atoms with E-state index >= 15 is 0 Å². The van der Waals surface area contributed by atoms with Crippen LogP contribution in [0.1, 0.15) is 6.42 Å². The second-order valence-corrected chi connectivity index (χ2v) is 8.94. The molecule has 0 amide bonds. The molecule has 4 aromatic heterocycles. The number of hydrogen-bond donors (Lipinski definition) is 1. The van der Waals surface area contributed by atoms with Crippen molar-refractivity contribution >= 4 is 28.4 Å². The number of imidazole rings is 1. The Morgan fingerprint density at radius 2 is 1.81 bits per heavy atom. The molecule has 0 unspecified atom stereocenters.